The van der Waals surface area contributed by atoms with Gasteiger partial charge in [-0.25, -0.2) is 9.88 Å². The molecule has 1 aromatic heterocycles. The largest absolute Gasteiger partial charge is 0.492 e. The number of imide groups is 1. The maximum Gasteiger partial charge on any atom is 0.238 e. The molecule has 3 aromatic rings. The van der Waals surface area contributed by atoms with Crippen LogP contribution in [0.15, 0.2) is 59.0 Å². The lowest BCUT2D eigenvalue weighted by Gasteiger charge is -2.17. The van der Waals surface area contributed by atoms with E-state index in [1.807, 2.05) is 12.1 Å². The van der Waals surface area contributed by atoms with Crippen LogP contribution in [0.4, 0.5) is 5.69 Å². The number of fused-ring (bicyclic) bond motifs is 6. The van der Waals surface area contributed by atoms with Crippen molar-refractivity contribution in [2.24, 2.45) is 23.7 Å². The summed E-state index contributed by atoms with van der Waals surface area (Å²) in [6.45, 7) is 0.748. The molecule has 1 aliphatic heterocycles. The molecule has 6 rings (SSSR count). The molecule has 2 fully saturated rings. The summed E-state index contributed by atoms with van der Waals surface area (Å²) in [5.41, 5.74) is 1.38. The Bertz CT molecular complexity index is 1360. The SMILES string of the molecule is O=C(CSc1nc2ccc(N3C(=O)[C@@H]4[C@@H](C3=O)[C@H]3C=C[C@H]4C3)cc2s1)NCCOc1ccc(Cl)cc1. The number of halogens is 1. The number of carbonyl (C=O) groups excluding carboxylic acids is 3. The Labute approximate surface area is 220 Å². The van der Waals surface area contributed by atoms with E-state index in [0.717, 1.165) is 21.0 Å². The van der Waals surface area contributed by atoms with Crippen LogP contribution >= 0.6 is 34.7 Å². The summed E-state index contributed by atoms with van der Waals surface area (Å²) < 4.78 is 7.21. The van der Waals surface area contributed by atoms with Gasteiger partial charge in [0.25, 0.3) is 0 Å². The first kappa shape index (κ1) is 23.5. The Kier molecular flexibility index (Phi) is 6.23. The molecule has 1 saturated carbocycles. The summed E-state index contributed by atoms with van der Waals surface area (Å²) >= 11 is 8.66. The fourth-order valence-electron chi connectivity index (χ4n) is 5.32. The second kappa shape index (κ2) is 9.53. The smallest absolute Gasteiger partial charge is 0.238 e. The number of hydrogen-bond acceptors (Lipinski definition) is 7. The molecule has 3 aliphatic rings. The number of ether oxygens (including phenoxy) is 1. The highest BCUT2D eigenvalue weighted by Gasteiger charge is 2.59. The predicted molar refractivity (Wildman–Crippen MR) is 141 cm³/mol. The van der Waals surface area contributed by atoms with E-state index in [9.17, 15) is 14.4 Å². The van der Waals surface area contributed by atoms with Gasteiger partial charge in [-0.2, -0.15) is 0 Å². The lowest BCUT2D eigenvalue weighted by molar-refractivity contribution is -0.123. The third kappa shape index (κ3) is 4.29. The number of allylic oxidation sites excluding steroid dienone is 2. The molecule has 1 saturated heterocycles. The van der Waals surface area contributed by atoms with Crippen molar-refractivity contribution in [2.75, 3.05) is 23.8 Å². The van der Waals surface area contributed by atoms with Crippen LogP contribution in [-0.2, 0) is 14.4 Å². The number of rotatable bonds is 8. The molecule has 10 heteroatoms. The molecular weight excluding hydrogens is 518 g/mol. The molecule has 2 heterocycles. The highest BCUT2D eigenvalue weighted by atomic mass is 35.5. The van der Waals surface area contributed by atoms with E-state index in [1.54, 1.807) is 30.3 Å². The van der Waals surface area contributed by atoms with Gasteiger partial charge in [0, 0.05) is 5.02 Å². The summed E-state index contributed by atoms with van der Waals surface area (Å²) in [5, 5.41) is 3.48. The first-order valence-electron chi connectivity index (χ1n) is 11.7. The van der Waals surface area contributed by atoms with Crippen molar-refractivity contribution in [1.29, 1.82) is 0 Å². The summed E-state index contributed by atoms with van der Waals surface area (Å²) in [6.07, 6.45) is 5.11. The van der Waals surface area contributed by atoms with Gasteiger partial charge in [0.2, 0.25) is 17.7 Å². The van der Waals surface area contributed by atoms with Crippen molar-refractivity contribution in [2.45, 2.75) is 10.8 Å². The molecule has 3 amide bonds. The van der Waals surface area contributed by atoms with Crippen molar-refractivity contribution < 1.29 is 19.1 Å². The zero-order chi connectivity index (χ0) is 24.8. The molecule has 0 unspecified atom stereocenters. The van der Waals surface area contributed by atoms with Gasteiger partial charge in [0.1, 0.15) is 12.4 Å². The highest BCUT2D eigenvalue weighted by molar-refractivity contribution is 8.01. The van der Waals surface area contributed by atoms with E-state index in [2.05, 4.69) is 22.5 Å². The van der Waals surface area contributed by atoms with Crippen molar-refractivity contribution in [3.63, 3.8) is 0 Å². The molecule has 7 nitrogen and oxygen atoms in total. The number of benzene rings is 2. The second-order valence-corrected chi connectivity index (χ2v) is 11.8. The van der Waals surface area contributed by atoms with Gasteiger partial charge >= 0.3 is 0 Å². The Balaban J connectivity index is 1.04. The number of nitrogens with one attached hydrogen (secondary N) is 1. The summed E-state index contributed by atoms with van der Waals surface area (Å²) in [7, 11) is 0. The quantitative estimate of drug-likeness (QED) is 0.195. The van der Waals surface area contributed by atoms with Gasteiger partial charge in [-0.05, 0) is 60.7 Å². The number of aromatic nitrogens is 1. The van der Waals surface area contributed by atoms with Gasteiger partial charge in [-0.1, -0.05) is 35.5 Å². The monoisotopic (exact) mass is 539 g/mol. The fourth-order valence-corrected chi connectivity index (χ4v) is 7.38. The molecule has 184 valence electrons. The van der Waals surface area contributed by atoms with E-state index >= 15 is 0 Å². The van der Waals surface area contributed by atoms with E-state index in [1.165, 1.54) is 28.0 Å². The summed E-state index contributed by atoms with van der Waals surface area (Å²) in [5.74, 6) is 0.587. The van der Waals surface area contributed by atoms with Crippen molar-refractivity contribution >= 4 is 68.3 Å². The lowest BCUT2D eigenvalue weighted by Crippen LogP contribution is -2.32. The van der Waals surface area contributed by atoms with E-state index < -0.39 is 0 Å². The molecular formula is C26H22ClN3O4S2. The van der Waals surface area contributed by atoms with Gasteiger partial charge < -0.3 is 10.1 Å². The number of carbonyl (C=O) groups is 3. The Morgan fingerprint density at radius 3 is 2.56 bits per heavy atom. The van der Waals surface area contributed by atoms with Gasteiger partial charge in [0.15, 0.2) is 4.34 Å². The number of thiazole rings is 1. The number of nitrogens with zero attached hydrogens (tertiary/aromatic N) is 2. The van der Waals surface area contributed by atoms with Crippen LogP contribution in [0.5, 0.6) is 5.75 Å². The summed E-state index contributed by atoms with van der Waals surface area (Å²) in [4.78, 5) is 44.4. The van der Waals surface area contributed by atoms with Crippen LogP contribution in [0.3, 0.4) is 0 Å². The molecule has 2 bridgehead atoms. The number of hydrogen-bond donors (Lipinski definition) is 1. The minimum Gasteiger partial charge on any atom is -0.492 e. The van der Waals surface area contributed by atoms with Crippen LogP contribution in [0.1, 0.15) is 6.42 Å². The minimum atomic E-state index is -0.217. The second-order valence-electron chi connectivity index (χ2n) is 9.08. The van der Waals surface area contributed by atoms with Gasteiger partial charge in [-0.15, -0.1) is 11.3 Å². The molecule has 2 aromatic carbocycles. The van der Waals surface area contributed by atoms with Gasteiger partial charge in [0.05, 0.1) is 40.0 Å². The van der Waals surface area contributed by atoms with Gasteiger partial charge in [-0.3, -0.25) is 14.4 Å². The maximum absolute atomic E-state index is 13.1. The Morgan fingerprint density at radius 1 is 1.11 bits per heavy atom. The summed E-state index contributed by atoms with van der Waals surface area (Å²) in [6, 6.07) is 12.5. The molecule has 36 heavy (non-hydrogen) atoms. The molecule has 2 aliphatic carbocycles. The van der Waals surface area contributed by atoms with Crippen LogP contribution in [0, 0.1) is 23.7 Å². The van der Waals surface area contributed by atoms with E-state index in [4.69, 9.17) is 16.3 Å². The number of thioether (sulfide) groups is 1. The average Bonchev–Trinajstić information content (AvgIpc) is 3.64. The zero-order valence-corrected chi connectivity index (χ0v) is 21.4. The topological polar surface area (TPSA) is 88.6 Å². The first-order valence-corrected chi connectivity index (χ1v) is 13.9. The molecule has 0 radical (unpaired) electrons. The van der Waals surface area contributed by atoms with Crippen LogP contribution in [0.25, 0.3) is 10.2 Å². The van der Waals surface area contributed by atoms with E-state index in [0.29, 0.717) is 29.6 Å². The molecule has 1 N–H and O–H groups in total. The standard InChI is InChI=1S/C26H22ClN3O4S2/c27-16-3-6-18(7-4-16)34-10-9-28-21(31)13-35-26-29-19-8-5-17(12-20(19)36-26)30-24(32)22-14-1-2-15(11-14)23(22)25(30)33/h1-8,12,14-15,22-23H,9-11,13H2,(H,28,31)/t14-,15-,22-,23-/m0/s1. The number of amides is 3. The molecule has 0 spiro atoms. The Morgan fingerprint density at radius 2 is 1.83 bits per heavy atom. The zero-order valence-electron chi connectivity index (χ0n) is 19.1. The van der Waals surface area contributed by atoms with Crippen LogP contribution in [-0.4, -0.2) is 41.6 Å². The fraction of sp³-hybridized carbons (Fsp3) is 0.308. The maximum atomic E-state index is 13.1. The molecule has 4 atom stereocenters. The highest BCUT2D eigenvalue weighted by Crippen LogP contribution is 2.53. The van der Waals surface area contributed by atoms with Crippen LogP contribution < -0.4 is 15.0 Å². The van der Waals surface area contributed by atoms with Crippen molar-refractivity contribution in [3.05, 3.63) is 59.6 Å². The lowest BCUT2D eigenvalue weighted by atomic mass is 9.85. The predicted octanol–water partition coefficient (Wildman–Crippen LogP) is 4.55. The number of anilines is 1. The minimum absolute atomic E-state index is 0.0861. The third-order valence-corrected chi connectivity index (χ3v) is 9.33. The third-order valence-electron chi connectivity index (χ3n) is 6.91. The normalized spacial score (nSPS) is 24.1. The Hall–Kier alpha value is -2.88. The van der Waals surface area contributed by atoms with Crippen molar-refractivity contribution in [3.8, 4) is 5.75 Å². The van der Waals surface area contributed by atoms with Crippen LogP contribution in [0.2, 0.25) is 5.02 Å². The first-order chi connectivity index (χ1) is 17.5. The van der Waals surface area contributed by atoms with E-state index in [-0.39, 0.29) is 47.1 Å². The van der Waals surface area contributed by atoms with Crippen molar-refractivity contribution in [1.82, 2.24) is 10.3 Å². The average molecular weight is 540 g/mol.